The molecular formula is C12H15Br. The maximum Gasteiger partial charge on any atom is 0.0247 e. The van der Waals surface area contributed by atoms with Crippen LogP contribution in [0, 0.1) is 0 Å². The van der Waals surface area contributed by atoms with E-state index in [4.69, 9.17) is 0 Å². The Morgan fingerprint density at radius 2 is 2.08 bits per heavy atom. The Bertz CT molecular complexity index is 276. The van der Waals surface area contributed by atoms with Crippen LogP contribution in [-0.2, 0) is 0 Å². The number of halogens is 1. The minimum absolute atomic E-state index is 1.17. The van der Waals surface area contributed by atoms with Crippen LogP contribution in [0.1, 0.15) is 31.7 Å². The van der Waals surface area contributed by atoms with E-state index in [0.29, 0.717) is 0 Å². The third-order valence-electron chi connectivity index (χ3n) is 1.93. The van der Waals surface area contributed by atoms with Gasteiger partial charge in [0, 0.05) is 4.47 Å². The molecule has 0 unspecified atom stereocenters. The molecule has 0 amide bonds. The highest BCUT2D eigenvalue weighted by Crippen LogP contribution is 2.17. The van der Waals surface area contributed by atoms with E-state index >= 15 is 0 Å². The van der Waals surface area contributed by atoms with Gasteiger partial charge in [0.05, 0.1) is 0 Å². The standard InChI is InChI=1S/C12H15Br/c1-2-3-4-5-8-11-9-6-7-10-12(11)13/h5-10H,2-4H2,1H3/b8-5+. The van der Waals surface area contributed by atoms with Gasteiger partial charge in [-0.3, -0.25) is 0 Å². The van der Waals surface area contributed by atoms with Crippen molar-refractivity contribution in [2.45, 2.75) is 26.2 Å². The van der Waals surface area contributed by atoms with Gasteiger partial charge in [-0.2, -0.15) is 0 Å². The van der Waals surface area contributed by atoms with Crippen LogP contribution in [0.5, 0.6) is 0 Å². The Morgan fingerprint density at radius 3 is 2.77 bits per heavy atom. The molecule has 0 aliphatic heterocycles. The van der Waals surface area contributed by atoms with Crippen LogP contribution in [0.25, 0.3) is 6.08 Å². The van der Waals surface area contributed by atoms with Crippen molar-refractivity contribution in [3.05, 3.63) is 40.4 Å². The zero-order valence-electron chi connectivity index (χ0n) is 7.96. The first-order valence-electron chi connectivity index (χ1n) is 4.75. The first-order valence-corrected chi connectivity index (χ1v) is 5.55. The van der Waals surface area contributed by atoms with E-state index in [1.54, 1.807) is 0 Å². The van der Waals surface area contributed by atoms with Gasteiger partial charge in [0.1, 0.15) is 0 Å². The van der Waals surface area contributed by atoms with Crippen molar-refractivity contribution in [1.82, 2.24) is 0 Å². The maximum absolute atomic E-state index is 3.51. The van der Waals surface area contributed by atoms with E-state index in [1.165, 1.54) is 29.3 Å². The van der Waals surface area contributed by atoms with Gasteiger partial charge in [-0.1, -0.05) is 66.0 Å². The number of hydrogen-bond acceptors (Lipinski definition) is 0. The molecule has 0 aromatic heterocycles. The predicted molar refractivity (Wildman–Crippen MR) is 62.7 cm³/mol. The highest BCUT2D eigenvalue weighted by Gasteiger charge is 1.91. The number of benzene rings is 1. The molecule has 0 spiro atoms. The molecule has 0 heterocycles. The Morgan fingerprint density at radius 1 is 1.31 bits per heavy atom. The monoisotopic (exact) mass is 238 g/mol. The first-order chi connectivity index (χ1) is 6.34. The average Bonchev–Trinajstić information content (AvgIpc) is 2.15. The van der Waals surface area contributed by atoms with Crippen molar-refractivity contribution in [3.63, 3.8) is 0 Å². The number of rotatable bonds is 4. The van der Waals surface area contributed by atoms with Crippen molar-refractivity contribution < 1.29 is 0 Å². The summed E-state index contributed by atoms with van der Waals surface area (Å²) >= 11 is 3.51. The summed E-state index contributed by atoms with van der Waals surface area (Å²) in [5.41, 5.74) is 1.26. The summed E-state index contributed by atoms with van der Waals surface area (Å²) in [7, 11) is 0. The molecule has 13 heavy (non-hydrogen) atoms. The largest absolute Gasteiger partial charge is 0.0839 e. The van der Waals surface area contributed by atoms with Crippen molar-refractivity contribution in [2.24, 2.45) is 0 Å². The fraction of sp³-hybridized carbons (Fsp3) is 0.333. The molecule has 1 aromatic rings. The van der Waals surface area contributed by atoms with Crippen LogP contribution < -0.4 is 0 Å². The summed E-state index contributed by atoms with van der Waals surface area (Å²) in [5, 5.41) is 0. The summed E-state index contributed by atoms with van der Waals surface area (Å²) in [4.78, 5) is 0. The van der Waals surface area contributed by atoms with Crippen LogP contribution in [0.4, 0.5) is 0 Å². The lowest BCUT2D eigenvalue weighted by atomic mass is 10.2. The summed E-state index contributed by atoms with van der Waals surface area (Å²) in [5.74, 6) is 0. The molecule has 0 N–H and O–H groups in total. The fourth-order valence-electron chi connectivity index (χ4n) is 1.14. The summed E-state index contributed by atoms with van der Waals surface area (Å²) in [6.45, 7) is 2.21. The summed E-state index contributed by atoms with van der Waals surface area (Å²) in [6.07, 6.45) is 8.14. The van der Waals surface area contributed by atoms with Gasteiger partial charge < -0.3 is 0 Å². The van der Waals surface area contributed by atoms with E-state index in [0.717, 1.165) is 0 Å². The van der Waals surface area contributed by atoms with Crippen LogP contribution in [0.3, 0.4) is 0 Å². The van der Waals surface area contributed by atoms with Crippen LogP contribution in [0.15, 0.2) is 34.8 Å². The van der Waals surface area contributed by atoms with Gasteiger partial charge in [-0.25, -0.2) is 0 Å². The van der Waals surface area contributed by atoms with Gasteiger partial charge in [0.15, 0.2) is 0 Å². The number of hydrogen-bond donors (Lipinski definition) is 0. The molecular weight excluding hydrogens is 224 g/mol. The van der Waals surface area contributed by atoms with Crippen LogP contribution >= 0.6 is 15.9 Å². The third kappa shape index (κ3) is 3.77. The predicted octanol–water partition coefficient (Wildman–Crippen LogP) is 4.65. The minimum Gasteiger partial charge on any atom is -0.0839 e. The zero-order chi connectivity index (χ0) is 9.52. The summed E-state index contributed by atoms with van der Waals surface area (Å²) < 4.78 is 1.17. The second-order valence-electron chi connectivity index (χ2n) is 3.07. The molecule has 0 fully saturated rings. The van der Waals surface area contributed by atoms with Crippen LogP contribution in [-0.4, -0.2) is 0 Å². The Kier molecular flexibility index (Phi) is 4.84. The highest BCUT2D eigenvalue weighted by molar-refractivity contribution is 9.10. The Hall–Kier alpha value is -0.560. The quantitative estimate of drug-likeness (QED) is 0.670. The van der Waals surface area contributed by atoms with Crippen molar-refractivity contribution >= 4 is 22.0 Å². The van der Waals surface area contributed by atoms with E-state index in [1.807, 2.05) is 6.07 Å². The lowest BCUT2D eigenvalue weighted by Gasteiger charge is -1.96. The number of allylic oxidation sites excluding steroid dienone is 1. The smallest absolute Gasteiger partial charge is 0.0247 e. The molecule has 70 valence electrons. The normalized spacial score (nSPS) is 10.9. The Labute approximate surface area is 88.8 Å². The minimum atomic E-state index is 1.17. The molecule has 0 atom stereocenters. The maximum atomic E-state index is 3.51. The van der Waals surface area contributed by atoms with Crippen molar-refractivity contribution in [1.29, 1.82) is 0 Å². The van der Waals surface area contributed by atoms with E-state index < -0.39 is 0 Å². The third-order valence-corrected chi connectivity index (χ3v) is 2.65. The molecule has 1 heteroatoms. The topological polar surface area (TPSA) is 0 Å². The van der Waals surface area contributed by atoms with Gasteiger partial charge in [0.25, 0.3) is 0 Å². The van der Waals surface area contributed by atoms with E-state index in [2.05, 4.69) is 53.2 Å². The second-order valence-corrected chi connectivity index (χ2v) is 3.92. The van der Waals surface area contributed by atoms with Gasteiger partial charge in [-0.15, -0.1) is 0 Å². The molecule has 0 radical (unpaired) electrons. The molecule has 0 saturated carbocycles. The molecule has 0 aliphatic rings. The highest BCUT2D eigenvalue weighted by atomic mass is 79.9. The van der Waals surface area contributed by atoms with E-state index in [-0.39, 0.29) is 0 Å². The fourth-order valence-corrected chi connectivity index (χ4v) is 1.56. The zero-order valence-corrected chi connectivity index (χ0v) is 9.55. The lowest BCUT2D eigenvalue weighted by Crippen LogP contribution is -1.73. The van der Waals surface area contributed by atoms with Crippen molar-refractivity contribution in [3.8, 4) is 0 Å². The summed E-state index contributed by atoms with van der Waals surface area (Å²) in [6, 6.07) is 8.28. The second kappa shape index (κ2) is 5.98. The van der Waals surface area contributed by atoms with Gasteiger partial charge >= 0.3 is 0 Å². The molecule has 0 aliphatic carbocycles. The lowest BCUT2D eigenvalue weighted by molar-refractivity contribution is 0.816. The average molecular weight is 239 g/mol. The molecule has 0 nitrogen and oxygen atoms in total. The Balaban J connectivity index is 2.53. The molecule has 0 saturated heterocycles. The van der Waals surface area contributed by atoms with E-state index in [9.17, 15) is 0 Å². The van der Waals surface area contributed by atoms with Gasteiger partial charge in [0.2, 0.25) is 0 Å². The molecule has 1 aromatic carbocycles. The first kappa shape index (κ1) is 10.5. The SMILES string of the molecule is CCCC/C=C/c1ccccc1Br. The molecule has 1 rings (SSSR count). The molecule has 0 bridgehead atoms. The number of unbranched alkanes of at least 4 members (excludes halogenated alkanes) is 2. The van der Waals surface area contributed by atoms with Crippen molar-refractivity contribution in [2.75, 3.05) is 0 Å². The van der Waals surface area contributed by atoms with Crippen LogP contribution in [0.2, 0.25) is 0 Å². The van der Waals surface area contributed by atoms with Gasteiger partial charge in [-0.05, 0) is 18.1 Å².